The predicted molar refractivity (Wildman–Crippen MR) is 135 cm³/mol. The minimum atomic E-state index is -0.315. The molecular formula is C28H31FN4O3. The number of halogens is 1. The molecule has 2 N–H and O–H groups in total. The highest BCUT2D eigenvalue weighted by atomic mass is 19.1. The van der Waals surface area contributed by atoms with Crippen molar-refractivity contribution in [3.63, 3.8) is 0 Å². The Labute approximate surface area is 210 Å². The highest BCUT2D eigenvalue weighted by Crippen LogP contribution is 2.41. The molecule has 1 aliphatic heterocycles. The van der Waals surface area contributed by atoms with Crippen LogP contribution in [0.3, 0.4) is 0 Å². The largest absolute Gasteiger partial charge is 0.397 e. The van der Waals surface area contributed by atoms with E-state index in [1.807, 2.05) is 0 Å². The number of aromatic nitrogens is 2. The van der Waals surface area contributed by atoms with Crippen molar-refractivity contribution in [3.8, 4) is 5.69 Å². The van der Waals surface area contributed by atoms with Crippen LogP contribution in [0.2, 0.25) is 0 Å². The van der Waals surface area contributed by atoms with Gasteiger partial charge in [-0.25, -0.2) is 9.07 Å². The Balaban J connectivity index is 1.47. The van der Waals surface area contributed by atoms with Gasteiger partial charge in [0.2, 0.25) is 0 Å². The van der Waals surface area contributed by atoms with Gasteiger partial charge in [-0.05, 0) is 60.6 Å². The van der Waals surface area contributed by atoms with Crippen LogP contribution in [0.1, 0.15) is 76.9 Å². The molecule has 1 fully saturated rings. The second-order valence-corrected chi connectivity index (χ2v) is 10.6. The number of rotatable bonds is 5. The van der Waals surface area contributed by atoms with Crippen LogP contribution in [0, 0.1) is 11.2 Å². The molecule has 1 saturated heterocycles. The smallest absolute Gasteiger partial charge is 0.253 e. The molecule has 36 heavy (non-hydrogen) atoms. The molecule has 8 heteroatoms. The van der Waals surface area contributed by atoms with E-state index in [4.69, 9.17) is 15.6 Å². The molecule has 1 amide bonds. The first-order valence-corrected chi connectivity index (χ1v) is 12.3. The molecule has 0 radical (unpaired) electrons. The van der Waals surface area contributed by atoms with Crippen LogP contribution in [-0.2, 0) is 17.7 Å². The van der Waals surface area contributed by atoms with E-state index in [-0.39, 0.29) is 29.0 Å². The van der Waals surface area contributed by atoms with E-state index in [0.29, 0.717) is 54.2 Å². The molecular weight excluding hydrogens is 459 g/mol. The van der Waals surface area contributed by atoms with E-state index >= 15 is 0 Å². The van der Waals surface area contributed by atoms with E-state index < -0.39 is 0 Å². The van der Waals surface area contributed by atoms with Crippen molar-refractivity contribution in [1.82, 2.24) is 14.7 Å². The zero-order chi connectivity index (χ0) is 25.6. The number of ether oxygens (including phenoxy) is 1. The molecule has 7 nitrogen and oxygen atoms in total. The Morgan fingerprint density at radius 3 is 2.64 bits per heavy atom. The fraction of sp³-hybridized carbons (Fsp3) is 0.393. The van der Waals surface area contributed by atoms with Gasteiger partial charge in [0.05, 0.1) is 22.6 Å². The first-order chi connectivity index (χ1) is 17.1. The zero-order valence-corrected chi connectivity index (χ0v) is 20.9. The number of nitrogen functional groups attached to an aromatic ring is 1. The van der Waals surface area contributed by atoms with E-state index in [1.54, 1.807) is 47.0 Å². The van der Waals surface area contributed by atoms with E-state index in [1.165, 1.54) is 12.1 Å². The number of nitrogens with zero attached hydrogens (tertiary/aromatic N) is 3. The topological polar surface area (TPSA) is 90.5 Å². The Morgan fingerprint density at radius 2 is 1.97 bits per heavy atom. The van der Waals surface area contributed by atoms with Crippen molar-refractivity contribution < 1.29 is 18.7 Å². The fourth-order valence-electron chi connectivity index (χ4n) is 5.23. The van der Waals surface area contributed by atoms with Crippen LogP contribution in [0.5, 0.6) is 0 Å². The number of fused-ring (bicyclic) bond motifs is 1. The lowest BCUT2D eigenvalue weighted by Gasteiger charge is -2.29. The zero-order valence-electron chi connectivity index (χ0n) is 20.9. The standard InChI is InChI=1S/C28H31FN4O3/c1-28(2)14-22-25(23(34)15-28)26(24-5-4-12-36-24)31-33(22)21-11-8-18(13-20(21)30)27(35)32(3)16-17-6-9-19(29)10-7-17/h6-11,13,24H,4-5,12,14-16,30H2,1-3H3. The summed E-state index contributed by atoms with van der Waals surface area (Å²) in [6.45, 7) is 5.17. The maximum absolute atomic E-state index is 13.2. The van der Waals surface area contributed by atoms with Crippen LogP contribution in [-0.4, -0.2) is 40.0 Å². The monoisotopic (exact) mass is 490 g/mol. The van der Waals surface area contributed by atoms with Crippen molar-refractivity contribution in [1.29, 1.82) is 0 Å². The number of anilines is 1. The third-order valence-corrected chi connectivity index (χ3v) is 6.99. The maximum Gasteiger partial charge on any atom is 0.253 e. The van der Waals surface area contributed by atoms with E-state index in [9.17, 15) is 14.0 Å². The molecule has 188 valence electrons. The molecule has 1 aliphatic carbocycles. The minimum Gasteiger partial charge on any atom is -0.397 e. The lowest BCUT2D eigenvalue weighted by atomic mass is 9.75. The number of nitrogens with two attached hydrogens (primary N) is 1. The normalized spacial score (nSPS) is 18.8. The lowest BCUT2D eigenvalue weighted by molar-refractivity contribution is 0.0784. The Hall–Kier alpha value is -3.52. The lowest BCUT2D eigenvalue weighted by Crippen LogP contribution is -2.28. The van der Waals surface area contributed by atoms with Gasteiger partial charge in [0.15, 0.2) is 5.78 Å². The second kappa shape index (κ2) is 9.17. The van der Waals surface area contributed by atoms with Gasteiger partial charge < -0.3 is 15.4 Å². The van der Waals surface area contributed by atoms with Gasteiger partial charge in [0, 0.05) is 32.2 Å². The number of ketones is 1. The molecule has 2 aromatic carbocycles. The maximum atomic E-state index is 13.2. The highest BCUT2D eigenvalue weighted by Gasteiger charge is 2.39. The number of carbonyl (C=O) groups excluding carboxylic acids is 2. The Morgan fingerprint density at radius 1 is 1.22 bits per heavy atom. The first kappa shape index (κ1) is 24.2. The quantitative estimate of drug-likeness (QED) is 0.515. The Kier molecular flexibility index (Phi) is 6.16. The molecule has 5 rings (SSSR count). The molecule has 0 spiro atoms. The molecule has 0 saturated carbocycles. The van der Waals surface area contributed by atoms with Crippen LogP contribution in [0.4, 0.5) is 10.1 Å². The average molecular weight is 491 g/mol. The highest BCUT2D eigenvalue weighted by molar-refractivity contribution is 6.00. The summed E-state index contributed by atoms with van der Waals surface area (Å²) >= 11 is 0. The van der Waals surface area contributed by atoms with Crippen molar-refractivity contribution >= 4 is 17.4 Å². The molecule has 2 heterocycles. The summed E-state index contributed by atoms with van der Waals surface area (Å²) in [5.74, 6) is -0.424. The molecule has 1 unspecified atom stereocenters. The van der Waals surface area contributed by atoms with Gasteiger partial charge in [-0.1, -0.05) is 26.0 Å². The SMILES string of the molecule is CN(Cc1ccc(F)cc1)C(=O)c1ccc(-n2nc(C3CCCO3)c3c2CC(C)(C)CC3=O)c(N)c1. The predicted octanol–water partition coefficient (Wildman–Crippen LogP) is 4.87. The van der Waals surface area contributed by atoms with Crippen molar-refractivity contribution in [2.24, 2.45) is 5.41 Å². The van der Waals surface area contributed by atoms with Crippen LogP contribution >= 0.6 is 0 Å². The van der Waals surface area contributed by atoms with E-state index in [2.05, 4.69) is 13.8 Å². The summed E-state index contributed by atoms with van der Waals surface area (Å²) < 4.78 is 20.9. The summed E-state index contributed by atoms with van der Waals surface area (Å²) in [6, 6.07) is 11.2. The van der Waals surface area contributed by atoms with Gasteiger partial charge in [-0.2, -0.15) is 5.10 Å². The third-order valence-electron chi connectivity index (χ3n) is 6.99. The number of hydrogen-bond donors (Lipinski definition) is 1. The first-order valence-electron chi connectivity index (χ1n) is 12.3. The fourth-order valence-corrected chi connectivity index (χ4v) is 5.23. The molecule has 3 aromatic rings. The van der Waals surface area contributed by atoms with Crippen molar-refractivity contribution in [2.45, 2.75) is 52.2 Å². The van der Waals surface area contributed by atoms with Crippen LogP contribution < -0.4 is 5.73 Å². The number of benzene rings is 2. The van der Waals surface area contributed by atoms with Crippen LogP contribution in [0.25, 0.3) is 5.69 Å². The number of amides is 1. The summed E-state index contributed by atoms with van der Waals surface area (Å²) in [4.78, 5) is 27.8. The summed E-state index contributed by atoms with van der Waals surface area (Å²) in [5.41, 5.74) is 10.8. The van der Waals surface area contributed by atoms with Crippen LogP contribution in [0.15, 0.2) is 42.5 Å². The van der Waals surface area contributed by atoms with Gasteiger partial charge in [-0.3, -0.25) is 9.59 Å². The number of Topliss-reactive ketones (excluding diaryl/α,β-unsaturated/α-hetero) is 1. The third kappa shape index (κ3) is 4.53. The second-order valence-electron chi connectivity index (χ2n) is 10.6. The Bertz CT molecular complexity index is 1320. The molecule has 1 atom stereocenters. The molecule has 1 aromatic heterocycles. The molecule has 0 bridgehead atoms. The minimum absolute atomic E-state index is 0.0887. The summed E-state index contributed by atoms with van der Waals surface area (Å²) in [5, 5.41) is 4.86. The van der Waals surface area contributed by atoms with Crippen molar-refractivity contribution in [3.05, 3.63) is 76.4 Å². The molecule has 2 aliphatic rings. The van der Waals surface area contributed by atoms with Gasteiger partial charge in [0.25, 0.3) is 5.91 Å². The average Bonchev–Trinajstić information content (AvgIpc) is 3.47. The number of carbonyl (C=O) groups is 2. The van der Waals surface area contributed by atoms with Gasteiger partial charge in [0.1, 0.15) is 17.6 Å². The van der Waals surface area contributed by atoms with E-state index in [0.717, 1.165) is 24.1 Å². The summed E-state index contributed by atoms with van der Waals surface area (Å²) in [6.07, 6.45) is 2.75. The van der Waals surface area contributed by atoms with Crippen molar-refractivity contribution in [2.75, 3.05) is 19.4 Å². The van der Waals surface area contributed by atoms with Gasteiger partial charge in [-0.15, -0.1) is 0 Å². The number of hydrogen-bond acceptors (Lipinski definition) is 5. The summed E-state index contributed by atoms with van der Waals surface area (Å²) in [7, 11) is 1.70. The van der Waals surface area contributed by atoms with Gasteiger partial charge >= 0.3 is 0 Å².